The molecular formula is C19H18INO4. The minimum absolute atomic E-state index is 0.186. The van der Waals surface area contributed by atoms with Crippen LogP contribution in [-0.2, 0) is 16.1 Å². The van der Waals surface area contributed by atoms with Crippen molar-refractivity contribution in [3.05, 3.63) is 70.1 Å². The number of rotatable bonds is 8. The highest BCUT2D eigenvalue weighted by molar-refractivity contribution is 14.1. The first-order valence-electron chi connectivity index (χ1n) is 7.49. The van der Waals surface area contributed by atoms with Gasteiger partial charge in [0.25, 0.3) is 0 Å². The summed E-state index contributed by atoms with van der Waals surface area (Å²) >= 11 is 2.17. The van der Waals surface area contributed by atoms with Crippen LogP contribution in [0.1, 0.15) is 11.1 Å². The molecule has 2 rings (SSSR count). The van der Waals surface area contributed by atoms with Crippen LogP contribution in [-0.4, -0.2) is 24.7 Å². The fraction of sp³-hybridized carbons (Fsp3) is 0.158. The van der Waals surface area contributed by atoms with Gasteiger partial charge in [-0.3, -0.25) is 4.98 Å². The Bertz CT molecular complexity index is 760. The van der Waals surface area contributed by atoms with Gasteiger partial charge in [-0.25, -0.2) is 4.79 Å². The Hall–Kier alpha value is -2.35. The van der Waals surface area contributed by atoms with Gasteiger partial charge >= 0.3 is 5.97 Å². The number of nitrogens with zero attached hydrogens (tertiary/aromatic N) is 1. The topological polar surface area (TPSA) is 57.7 Å². The second kappa shape index (κ2) is 9.83. The lowest BCUT2D eigenvalue weighted by atomic mass is 10.2. The van der Waals surface area contributed by atoms with E-state index in [1.807, 2.05) is 18.2 Å². The Morgan fingerprint density at radius 1 is 1.40 bits per heavy atom. The SMILES string of the molecule is C=CCOC(=O)/C=C/c1cc(I)c(OCc2cccnc2)c(OC)c1. The average Bonchev–Trinajstić information content (AvgIpc) is 2.64. The van der Waals surface area contributed by atoms with E-state index in [4.69, 9.17) is 14.2 Å². The van der Waals surface area contributed by atoms with Crippen LogP contribution in [0.15, 0.2) is 55.4 Å². The van der Waals surface area contributed by atoms with Crippen molar-refractivity contribution in [1.82, 2.24) is 4.98 Å². The van der Waals surface area contributed by atoms with Crippen molar-refractivity contribution in [1.29, 1.82) is 0 Å². The van der Waals surface area contributed by atoms with E-state index >= 15 is 0 Å². The number of carbonyl (C=O) groups is 1. The standard InChI is InChI=1S/C19H18INO4/c1-3-9-24-18(22)7-6-14-10-16(20)19(17(11-14)23-2)25-13-15-5-4-8-21-12-15/h3-8,10-12H,1,9,13H2,2H3/b7-6+. The Balaban J connectivity index is 2.13. The van der Waals surface area contributed by atoms with Gasteiger partial charge in [-0.05, 0) is 52.4 Å². The average molecular weight is 451 g/mol. The second-order valence-electron chi connectivity index (χ2n) is 4.94. The van der Waals surface area contributed by atoms with Gasteiger partial charge in [-0.15, -0.1) is 0 Å². The lowest BCUT2D eigenvalue weighted by Crippen LogP contribution is -2.01. The molecule has 1 aromatic carbocycles. The van der Waals surface area contributed by atoms with E-state index in [0.29, 0.717) is 18.1 Å². The number of hydrogen-bond donors (Lipinski definition) is 0. The van der Waals surface area contributed by atoms with Gasteiger partial charge < -0.3 is 14.2 Å². The van der Waals surface area contributed by atoms with E-state index in [2.05, 4.69) is 34.2 Å². The van der Waals surface area contributed by atoms with Gasteiger partial charge in [0.05, 0.1) is 10.7 Å². The van der Waals surface area contributed by atoms with E-state index in [0.717, 1.165) is 14.7 Å². The molecule has 5 nitrogen and oxygen atoms in total. The second-order valence-corrected chi connectivity index (χ2v) is 6.10. The normalized spacial score (nSPS) is 10.5. The molecule has 1 aromatic heterocycles. The number of aromatic nitrogens is 1. The molecule has 1 heterocycles. The first kappa shape index (κ1) is 19.0. The third-order valence-electron chi connectivity index (χ3n) is 3.11. The van der Waals surface area contributed by atoms with Crippen molar-refractivity contribution in [2.75, 3.05) is 13.7 Å². The Kier molecular flexibility index (Phi) is 7.46. The highest BCUT2D eigenvalue weighted by Gasteiger charge is 2.11. The molecule has 0 aliphatic rings. The van der Waals surface area contributed by atoms with E-state index in [9.17, 15) is 4.79 Å². The number of halogens is 1. The lowest BCUT2D eigenvalue weighted by Gasteiger charge is -2.13. The van der Waals surface area contributed by atoms with Crippen LogP contribution < -0.4 is 9.47 Å². The molecule has 0 spiro atoms. The van der Waals surface area contributed by atoms with Gasteiger partial charge in [0.2, 0.25) is 0 Å². The number of benzene rings is 1. The van der Waals surface area contributed by atoms with Crippen LogP contribution in [0.4, 0.5) is 0 Å². The molecule has 6 heteroatoms. The maximum absolute atomic E-state index is 11.5. The largest absolute Gasteiger partial charge is 0.493 e. The van der Waals surface area contributed by atoms with Gasteiger partial charge in [0, 0.05) is 24.0 Å². The Morgan fingerprint density at radius 3 is 2.92 bits per heavy atom. The molecule has 130 valence electrons. The highest BCUT2D eigenvalue weighted by atomic mass is 127. The van der Waals surface area contributed by atoms with Crippen molar-refractivity contribution >= 4 is 34.6 Å². The van der Waals surface area contributed by atoms with Crippen LogP contribution in [0.25, 0.3) is 6.08 Å². The molecule has 0 aliphatic heterocycles. The van der Waals surface area contributed by atoms with Crippen LogP contribution in [0, 0.1) is 3.57 Å². The molecular weight excluding hydrogens is 433 g/mol. The molecule has 0 saturated heterocycles. The van der Waals surface area contributed by atoms with Gasteiger partial charge in [0.1, 0.15) is 13.2 Å². The first-order valence-corrected chi connectivity index (χ1v) is 8.57. The monoisotopic (exact) mass is 451 g/mol. The van der Waals surface area contributed by atoms with E-state index in [-0.39, 0.29) is 6.61 Å². The minimum Gasteiger partial charge on any atom is -0.493 e. The summed E-state index contributed by atoms with van der Waals surface area (Å²) in [7, 11) is 1.58. The summed E-state index contributed by atoms with van der Waals surface area (Å²) in [5.41, 5.74) is 1.78. The number of carbonyl (C=O) groups excluding carboxylic acids is 1. The van der Waals surface area contributed by atoms with Gasteiger partial charge in [0.15, 0.2) is 11.5 Å². The quantitative estimate of drug-likeness (QED) is 0.263. The number of hydrogen-bond acceptors (Lipinski definition) is 5. The number of ether oxygens (including phenoxy) is 3. The number of esters is 1. The summed E-state index contributed by atoms with van der Waals surface area (Å²) in [5.74, 6) is 0.819. The zero-order valence-electron chi connectivity index (χ0n) is 13.8. The summed E-state index contributed by atoms with van der Waals surface area (Å²) in [6.07, 6.45) is 8.03. The summed E-state index contributed by atoms with van der Waals surface area (Å²) in [6, 6.07) is 7.51. The summed E-state index contributed by atoms with van der Waals surface area (Å²) in [5, 5.41) is 0. The third kappa shape index (κ3) is 5.90. The summed E-state index contributed by atoms with van der Waals surface area (Å²) in [4.78, 5) is 15.6. The van der Waals surface area contributed by atoms with Crippen molar-refractivity contribution in [3.8, 4) is 11.5 Å². The fourth-order valence-corrected chi connectivity index (χ4v) is 2.75. The predicted molar refractivity (Wildman–Crippen MR) is 104 cm³/mol. The van der Waals surface area contributed by atoms with E-state index in [1.165, 1.54) is 12.2 Å². The molecule has 25 heavy (non-hydrogen) atoms. The molecule has 2 aromatic rings. The Labute approximate surface area is 160 Å². The number of pyridine rings is 1. The van der Waals surface area contributed by atoms with Crippen molar-refractivity contribution in [2.24, 2.45) is 0 Å². The molecule has 0 unspecified atom stereocenters. The molecule has 0 fully saturated rings. The lowest BCUT2D eigenvalue weighted by molar-refractivity contribution is -0.136. The number of methoxy groups -OCH3 is 1. The summed E-state index contributed by atoms with van der Waals surface area (Å²) in [6.45, 7) is 4.08. The molecule has 0 bridgehead atoms. The Morgan fingerprint density at radius 2 is 2.24 bits per heavy atom. The molecule has 0 amide bonds. The smallest absolute Gasteiger partial charge is 0.331 e. The first-order chi connectivity index (χ1) is 12.1. The van der Waals surface area contributed by atoms with Gasteiger partial charge in [-0.2, -0.15) is 0 Å². The molecule has 0 N–H and O–H groups in total. The van der Waals surface area contributed by atoms with Crippen LogP contribution in [0.3, 0.4) is 0 Å². The zero-order valence-corrected chi connectivity index (χ0v) is 15.9. The van der Waals surface area contributed by atoms with Gasteiger partial charge in [-0.1, -0.05) is 18.7 Å². The highest BCUT2D eigenvalue weighted by Crippen LogP contribution is 2.34. The molecule has 0 atom stereocenters. The van der Waals surface area contributed by atoms with Crippen molar-refractivity contribution in [3.63, 3.8) is 0 Å². The maximum atomic E-state index is 11.5. The zero-order chi connectivity index (χ0) is 18.1. The minimum atomic E-state index is -0.425. The maximum Gasteiger partial charge on any atom is 0.331 e. The summed E-state index contributed by atoms with van der Waals surface area (Å²) < 4.78 is 17.1. The predicted octanol–water partition coefficient (Wildman–Crippen LogP) is 4.02. The van der Waals surface area contributed by atoms with Crippen LogP contribution in [0.5, 0.6) is 11.5 Å². The molecule has 0 radical (unpaired) electrons. The van der Waals surface area contributed by atoms with E-state index < -0.39 is 5.97 Å². The van der Waals surface area contributed by atoms with Crippen LogP contribution in [0.2, 0.25) is 0 Å². The van der Waals surface area contributed by atoms with Crippen molar-refractivity contribution in [2.45, 2.75) is 6.61 Å². The van der Waals surface area contributed by atoms with Crippen LogP contribution >= 0.6 is 22.6 Å². The third-order valence-corrected chi connectivity index (χ3v) is 3.91. The molecule has 0 aliphatic carbocycles. The fourth-order valence-electron chi connectivity index (χ4n) is 1.97. The molecule has 0 saturated carbocycles. The van der Waals surface area contributed by atoms with E-state index in [1.54, 1.807) is 31.6 Å². The van der Waals surface area contributed by atoms with Crippen molar-refractivity contribution < 1.29 is 19.0 Å².